The first-order chi connectivity index (χ1) is 14.3. The molecule has 2 aromatic carbocycles. The molecule has 2 unspecified atom stereocenters. The van der Waals surface area contributed by atoms with Gasteiger partial charge in [0.25, 0.3) is 5.91 Å². The van der Waals surface area contributed by atoms with E-state index in [4.69, 9.17) is 0 Å². The van der Waals surface area contributed by atoms with Crippen LogP contribution >= 0.6 is 0 Å². The predicted octanol–water partition coefficient (Wildman–Crippen LogP) is 2.88. The third kappa shape index (κ3) is 3.80. The highest BCUT2D eigenvalue weighted by atomic mass is 16.2. The molecule has 148 valence electrons. The van der Waals surface area contributed by atoms with Crippen LogP contribution in [0.2, 0.25) is 0 Å². The summed E-state index contributed by atoms with van der Waals surface area (Å²) in [6, 6.07) is 20.2. The van der Waals surface area contributed by atoms with Crippen molar-refractivity contribution in [2.75, 3.05) is 25.0 Å². The molecule has 1 amide bonds. The smallest absolute Gasteiger partial charge is 0.293 e. The summed E-state index contributed by atoms with van der Waals surface area (Å²) in [5, 5.41) is 11.5. The normalized spacial score (nSPS) is 20.8. The Morgan fingerprint density at radius 2 is 1.66 bits per heavy atom. The van der Waals surface area contributed by atoms with Crippen LogP contribution in [0.5, 0.6) is 0 Å². The maximum Gasteiger partial charge on any atom is 0.293 e. The van der Waals surface area contributed by atoms with Crippen LogP contribution in [-0.2, 0) is 19.4 Å². The molecular formula is C23H25N5O. The van der Waals surface area contributed by atoms with Gasteiger partial charge in [-0.05, 0) is 36.0 Å². The zero-order valence-corrected chi connectivity index (χ0v) is 16.4. The second kappa shape index (κ2) is 7.79. The van der Waals surface area contributed by atoms with Crippen LogP contribution in [0.15, 0.2) is 60.7 Å². The van der Waals surface area contributed by atoms with Gasteiger partial charge in [-0.25, -0.2) is 0 Å². The van der Waals surface area contributed by atoms with Crippen LogP contribution in [-0.4, -0.2) is 45.2 Å². The fraction of sp³-hybridized carbons (Fsp3) is 0.348. The van der Waals surface area contributed by atoms with Crippen molar-refractivity contribution < 1.29 is 4.79 Å². The van der Waals surface area contributed by atoms with Crippen LogP contribution in [0, 0.1) is 11.8 Å². The van der Waals surface area contributed by atoms with E-state index in [9.17, 15) is 4.79 Å². The molecule has 6 heteroatoms. The molecule has 0 spiro atoms. The number of hydrogen-bond acceptors (Lipinski definition) is 4. The average Bonchev–Trinajstić information content (AvgIpc) is 3.35. The first-order valence-corrected chi connectivity index (χ1v) is 10.3. The summed E-state index contributed by atoms with van der Waals surface area (Å²) in [4.78, 5) is 15.3. The van der Waals surface area contributed by atoms with Crippen molar-refractivity contribution in [3.05, 3.63) is 77.9 Å². The van der Waals surface area contributed by atoms with Crippen molar-refractivity contribution in [1.82, 2.24) is 19.7 Å². The van der Waals surface area contributed by atoms with Gasteiger partial charge in [-0.3, -0.25) is 4.79 Å². The number of likely N-dealkylation sites (tertiary alicyclic amines) is 1. The van der Waals surface area contributed by atoms with E-state index < -0.39 is 0 Å². The Hall–Kier alpha value is -2.99. The molecule has 3 heterocycles. The summed E-state index contributed by atoms with van der Waals surface area (Å²) >= 11 is 0. The lowest BCUT2D eigenvalue weighted by Gasteiger charge is -2.25. The third-order valence-electron chi connectivity index (χ3n) is 6.14. The summed E-state index contributed by atoms with van der Waals surface area (Å²) in [6.07, 6.45) is 1.98. The minimum Gasteiger partial charge on any atom is -0.319 e. The molecule has 0 bridgehead atoms. The summed E-state index contributed by atoms with van der Waals surface area (Å²) < 4.78 is 2.03. The van der Waals surface area contributed by atoms with Crippen molar-refractivity contribution in [3.63, 3.8) is 0 Å². The Balaban J connectivity index is 1.24. The number of amides is 1. The molecule has 6 nitrogen and oxygen atoms in total. The van der Waals surface area contributed by atoms with Crippen LogP contribution in [0.1, 0.15) is 22.0 Å². The summed E-state index contributed by atoms with van der Waals surface area (Å²) in [7, 11) is 0. The number of anilines is 1. The number of nitrogens with one attached hydrogen (secondary N) is 1. The van der Waals surface area contributed by atoms with Crippen LogP contribution in [0.25, 0.3) is 0 Å². The van der Waals surface area contributed by atoms with E-state index in [2.05, 4.69) is 50.7 Å². The summed E-state index contributed by atoms with van der Waals surface area (Å²) in [6.45, 7) is 4.09. The fourth-order valence-corrected chi connectivity index (χ4v) is 4.61. The number of nitrogens with zero attached hydrogens (tertiary/aromatic N) is 4. The van der Waals surface area contributed by atoms with E-state index in [1.807, 2.05) is 34.9 Å². The molecule has 1 N–H and O–H groups in total. The minimum atomic E-state index is -0.188. The van der Waals surface area contributed by atoms with Crippen LogP contribution in [0.3, 0.4) is 0 Å². The van der Waals surface area contributed by atoms with Gasteiger partial charge in [0, 0.05) is 38.3 Å². The van der Waals surface area contributed by atoms with E-state index in [0.717, 1.165) is 50.5 Å². The highest BCUT2D eigenvalue weighted by molar-refractivity contribution is 6.01. The van der Waals surface area contributed by atoms with Gasteiger partial charge in [-0.2, -0.15) is 0 Å². The molecule has 3 aromatic rings. The molecule has 0 saturated carbocycles. The molecule has 5 rings (SSSR count). The Labute approximate surface area is 170 Å². The zero-order chi connectivity index (χ0) is 19.6. The molecule has 1 saturated heterocycles. The van der Waals surface area contributed by atoms with Gasteiger partial charge in [-0.1, -0.05) is 48.5 Å². The Kier molecular flexibility index (Phi) is 4.86. The number of benzene rings is 2. The molecule has 2 atom stereocenters. The van der Waals surface area contributed by atoms with Crippen molar-refractivity contribution in [1.29, 1.82) is 0 Å². The summed E-state index contributed by atoms with van der Waals surface area (Å²) in [5.74, 6) is 2.33. The van der Waals surface area contributed by atoms with Gasteiger partial charge in [0.1, 0.15) is 5.82 Å². The van der Waals surface area contributed by atoms with Gasteiger partial charge in [0.15, 0.2) is 0 Å². The lowest BCUT2D eigenvalue weighted by molar-refractivity contribution is 0.100. The van der Waals surface area contributed by atoms with Gasteiger partial charge in [0.2, 0.25) is 5.82 Å². The molecule has 1 aromatic heterocycles. The monoisotopic (exact) mass is 387 g/mol. The number of rotatable bonds is 5. The van der Waals surface area contributed by atoms with Crippen molar-refractivity contribution in [2.45, 2.75) is 19.4 Å². The second-order valence-corrected chi connectivity index (χ2v) is 8.09. The SMILES string of the molecule is O=C(Nc1ccccc1)c1nnc2n1CC1CN(CCc3ccccc3)CC1C2. The third-order valence-corrected chi connectivity index (χ3v) is 6.14. The lowest BCUT2D eigenvalue weighted by atomic mass is 9.89. The van der Waals surface area contributed by atoms with E-state index >= 15 is 0 Å². The van der Waals surface area contributed by atoms with Crippen molar-refractivity contribution in [2.24, 2.45) is 11.8 Å². The number of carbonyl (C=O) groups excluding carboxylic acids is 1. The van der Waals surface area contributed by atoms with Gasteiger partial charge in [-0.15, -0.1) is 10.2 Å². The molecule has 29 heavy (non-hydrogen) atoms. The summed E-state index contributed by atoms with van der Waals surface area (Å²) in [5.41, 5.74) is 2.16. The Morgan fingerprint density at radius 3 is 2.45 bits per heavy atom. The quantitative estimate of drug-likeness (QED) is 0.731. The number of carbonyl (C=O) groups is 1. The first kappa shape index (κ1) is 18.1. The topological polar surface area (TPSA) is 63.1 Å². The van der Waals surface area contributed by atoms with E-state index in [0.29, 0.717) is 17.7 Å². The molecule has 2 aliphatic rings. The number of fused-ring (bicyclic) bond motifs is 2. The Morgan fingerprint density at radius 1 is 0.931 bits per heavy atom. The maximum absolute atomic E-state index is 12.7. The van der Waals surface area contributed by atoms with Crippen LogP contribution < -0.4 is 5.32 Å². The maximum atomic E-state index is 12.7. The van der Waals surface area contributed by atoms with Gasteiger partial charge >= 0.3 is 0 Å². The van der Waals surface area contributed by atoms with E-state index in [1.165, 1.54) is 5.56 Å². The minimum absolute atomic E-state index is 0.188. The van der Waals surface area contributed by atoms with E-state index in [1.54, 1.807) is 0 Å². The lowest BCUT2D eigenvalue weighted by Crippen LogP contribution is -2.31. The van der Waals surface area contributed by atoms with Crippen LogP contribution in [0.4, 0.5) is 5.69 Å². The van der Waals surface area contributed by atoms with Crippen molar-refractivity contribution in [3.8, 4) is 0 Å². The molecule has 0 radical (unpaired) electrons. The van der Waals surface area contributed by atoms with Crippen molar-refractivity contribution >= 4 is 11.6 Å². The average molecular weight is 387 g/mol. The standard InChI is InChI=1S/C23H25N5O/c29-23(24-20-9-5-2-6-10-20)22-26-25-21-13-18-14-27(15-19(18)16-28(21)22)12-11-17-7-3-1-4-8-17/h1-10,18-19H,11-16H2,(H,24,29). The molecule has 0 aliphatic carbocycles. The number of aromatic nitrogens is 3. The first-order valence-electron chi connectivity index (χ1n) is 10.3. The highest BCUT2D eigenvalue weighted by Gasteiger charge is 2.38. The zero-order valence-electron chi connectivity index (χ0n) is 16.4. The molecule has 2 aliphatic heterocycles. The number of para-hydroxylation sites is 1. The highest BCUT2D eigenvalue weighted by Crippen LogP contribution is 2.32. The number of hydrogen-bond donors (Lipinski definition) is 1. The van der Waals surface area contributed by atoms with Gasteiger partial charge in [0.05, 0.1) is 0 Å². The van der Waals surface area contributed by atoms with E-state index in [-0.39, 0.29) is 5.91 Å². The fourth-order valence-electron chi connectivity index (χ4n) is 4.61. The molecule has 1 fully saturated rings. The Bertz CT molecular complexity index is 985. The van der Waals surface area contributed by atoms with Gasteiger partial charge < -0.3 is 14.8 Å². The predicted molar refractivity (Wildman–Crippen MR) is 112 cm³/mol. The molecular weight excluding hydrogens is 362 g/mol. The largest absolute Gasteiger partial charge is 0.319 e. The second-order valence-electron chi connectivity index (χ2n) is 8.09.